The molecule has 3 aliphatic rings. The van der Waals surface area contributed by atoms with Crippen LogP contribution in [0.25, 0.3) is 0 Å². The summed E-state index contributed by atoms with van der Waals surface area (Å²) >= 11 is 5.95. The van der Waals surface area contributed by atoms with Gasteiger partial charge in [0.25, 0.3) is 0 Å². The van der Waals surface area contributed by atoms with Gasteiger partial charge in [0.05, 0.1) is 17.9 Å². The van der Waals surface area contributed by atoms with Gasteiger partial charge in [-0.3, -0.25) is 14.4 Å². The third kappa shape index (κ3) is 2.05. The maximum Gasteiger partial charge on any atom is 0.305 e. The Labute approximate surface area is 167 Å². The summed E-state index contributed by atoms with van der Waals surface area (Å²) in [5.41, 5.74) is 9.58. The monoisotopic (exact) mass is 403 g/mol. The van der Waals surface area contributed by atoms with E-state index in [1.807, 2.05) is 12.2 Å². The van der Waals surface area contributed by atoms with Crippen LogP contribution in [0.4, 0.5) is 0 Å². The molecular weight excluding hydrogens is 382 g/mol. The van der Waals surface area contributed by atoms with Gasteiger partial charge in [0.15, 0.2) is 0 Å². The summed E-state index contributed by atoms with van der Waals surface area (Å²) in [5.74, 6) is -2.28. The zero-order chi connectivity index (χ0) is 20.3. The maximum absolute atomic E-state index is 13.2. The summed E-state index contributed by atoms with van der Waals surface area (Å²) in [5, 5.41) is 0.266. The van der Waals surface area contributed by atoms with Crippen LogP contribution in [0, 0.1) is 22.7 Å². The number of aromatic nitrogens is 1. The number of nitrogens with two attached hydrogens (primary N) is 2. The fourth-order valence-corrected chi connectivity index (χ4v) is 6.22. The second-order valence-electron chi connectivity index (χ2n) is 8.03. The molecule has 0 saturated heterocycles. The van der Waals surface area contributed by atoms with E-state index < -0.39 is 28.6 Å². The SMILES string of the molecule is COC(=O)CC[C@@]1(C(N)=O)[C@@H]2C=C[C@@H](C23CC3)[C@@]1(C(N)=O)c1ccc(Cl)nc1. The second-order valence-corrected chi connectivity index (χ2v) is 8.41. The van der Waals surface area contributed by atoms with E-state index >= 15 is 0 Å². The van der Waals surface area contributed by atoms with Gasteiger partial charge in [-0.15, -0.1) is 0 Å². The number of allylic oxidation sites excluding steroid dienone is 2. The molecule has 1 aromatic heterocycles. The lowest BCUT2D eigenvalue weighted by molar-refractivity contribution is -0.148. The van der Waals surface area contributed by atoms with Crippen molar-refractivity contribution in [2.75, 3.05) is 7.11 Å². The molecule has 4 rings (SSSR count). The highest BCUT2D eigenvalue weighted by Crippen LogP contribution is 2.80. The molecule has 2 amide bonds. The molecular formula is C20H22ClN3O4. The highest BCUT2D eigenvalue weighted by molar-refractivity contribution is 6.29. The molecule has 3 aliphatic carbocycles. The van der Waals surface area contributed by atoms with Crippen LogP contribution in [0.5, 0.6) is 0 Å². The van der Waals surface area contributed by atoms with E-state index in [-0.39, 0.29) is 35.2 Å². The topological polar surface area (TPSA) is 125 Å². The van der Waals surface area contributed by atoms with E-state index in [1.54, 1.807) is 12.1 Å². The predicted molar refractivity (Wildman–Crippen MR) is 101 cm³/mol. The summed E-state index contributed by atoms with van der Waals surface area (Å²) in [4.78, 5) is 42.3. The van der Waals surface area contributed by atoms with E-state index in [0.29, 0.717) is 5.56 Å². The second kappa shape index (κ2) is 6.04. The molecule has 148 valence electrons. The van der Waals surface area contributed by atoms with Gasteiger partial charge in [0, 0.05) is 18.5 Å². The number of pyridine rings is 1. The van der Waals surface area contributed by atoms with Gasteiger partial charge in [-0.25, -0.2) is 4.98 Å². The first-order chi connectivity index (χ1) is 13.3. The molecule has 1 heterocycles. The molecule has 0 aliphatic heterocycles. The van der Waals surface area contributed by atoms with Crippen molar-refractivity contribution in [1.82, 2.24) is 4.98 Å². The lowest BCUT2D eigenvalue weighted by atomic mass is 9.52. The van der Waals surface area contributed by atoms with E-state index in [1.165, 1.54) is 13.3 Å². The first-order valence-electron chi connectivity index (χ1n) is 9.24. The normalized spacial score (nSPS) is 33.8. The van der Waals surface area contributed by atoms with Crippen molar-refractivity contribution in [3.05, 3.63) is 41.2 Å². The van der Waals surface area contributed by atoms with Gasteiger partial charge in [0.2, 0.25) is 11.8 Å². The van der Waals surface area contributed by atoms with Crippen LogP contribution in [0.15, 0.2) is 30.5 Å². The molecule has 1 aromatic rings. The zero-order valence-corrected chi connectivity index (χ0v) is 16.2. The highest BCUT2D eigenvalue weighted by atomic mass is 35.5. The van der Waals surface area contributed by atoms with Crippen molar-refractivity contribution in [2.24, 2.45) is 34.1 Å². The third-order valence-corrected chi connectivity index (χ3v) is 7.45. The summed E-state index contributed by atoms with van der Waals surface area (Å²) < 4.78 is 4.78. The van der Waals surface area contributed by atoms with Gasteiger partial charge in [-0.05, 0) is 42.2 Å². The molecule has 4 atom stereocenters. The van der Waals surface area contributed by atoms with Crippen LogP contribution < -0.4 is 11.5 Å². The van der Waals surface area contributed by atoms with Crippen molar-refractivity contribution >= 4 is 29.4 Å². The predicted octanol–water partition coefficient (Wildman–Crippen LogP) is 1.48. The first-order valence-corrected chi connectivity index (χ1v) is 9.62. The zero-order valence-electron chi connectivity index (χ0n) is 15.5. The van der Waals surface area contributed by atoms with E-state index in [2.05, 4.69) is 4.98 Å². The number of hydrogen-bond donors (Lipinski definition) is 2. The number of amides is 2. The molecule has 0 aromatic carbocycles. The lowest BCUT2D eigenvalue weighted by Crippen LogP contribution is -2.62. The summed E-state index contributed by atoms with van der Waals surface area (Å²) in [6.07, 6.45) is 7.24. The Morgan fingerprint density at radius 2 is 1.86 bits per heavy atom. The number of carbonyl (C=O) groups is 3. The summed E-state index contributed by atoms with van der Waals surface area (Å²) in [6.45, 7) is 0. The molecule has 7 nitrogen and oxygen atoms in total. The van der Waals surface area contributed by atoms with Gasteiger partial charge >= 0.3 is 5.97 Å². The van der Waals surface area contributed by atoms with Crippen LogP contribution in [-0.4, -0.2) is 29.9 Å². The molecule has 4 N–H and O–H groups in total. The van der Waals surface area contributed by atoms with E-state index in [0.717, 1.165) is 12.8 Å². The maximum atomic E-state index is 13.2. The Morgan fingerprint density at radius 3 is 2.36 bits per heavy atom. The van der Waals surface area contributed by atoms with Crippen LogP contribution >= 0.6 is 11.6 Å². The number of halogens is 1. The van der Waals surface area contributed by atoms with Crippen molar-refractivity contribution in [1.29, 1.82) is 0 Å². The average Bonchev–Trinajstić information content (AvgIpc) is 3.33. The van der Waals surface area contributed by atoms with Gasteiger partial charge in [0.1, 0.15) is 5.15 Å². The van der Waals surface area contributed by atoms with Crippen molar-refractivity contribution in [2.45, 2.75) is 31.1 Å². The van der Waals surface area contributed by atoms with E-state index in [4.69, 9.17) is 27.8 Å². The van der Waals surface area contributed by atoms with Crippen molar-refractivity contribution < 1.29 is 19.1 Å². The number of methoxy groups -OCH3 is 1. The van der Waals surface area contributed by atoms with Crippen molar-refractivity contribution in [3.63, 3.8) is 0 Å². The number of nitrogens with zero attached hydrogens (tertiary/aromatic N) is 1. The number of esters is 1. The van der Waals surface area contributed by atoms with Crippen LogP contribution in [0.3, 0.4) is 0 Å². The van der Waals surface area contributed by atoms with Gasteiger partial charge in [-0.2, -0.15) is 0 Å². The Balaban J connectivity index is 1.98. The fourth-order valence-electron chi connectivity index (χ4n) is 6.10. The number of rotatable bonds is 6. The Bertz CT molecular complexity index is 895. The molecule has 0 radical (unpaired) electrons. The number of primary amides is 2. The Kier molecular flexibility index (Phi) is 4.08. The van der Waals surface area contributed by atoms with Gasteiger partial charge < -0.3 is 16.2 Å². The van der Waals surface area contributed by atoms with Crippen LogP contribution in [0.1, 0.15) is 31.2 Å². The van der Waals surface area contributed by atoms with Gasteiger partial charge in [-0.1, -0.05) is 29.8 Å². The Morgan fingerprint density at radius 1 is 1.18 bits per heavy atom. The van der Waals surface area contributed by atoms with Crippen LogP contribution in [-0.2, 0) is 24.5 Å². The molecule has 28 heavy (non-hydrogen) atoms. The largest absolute Gasteiger partial charge is 0.469 e. The fraction of sp³-hybridized carbons (Fsp3) is 0.500. The number of hydrogen-bond acceptors (Lipinski definition) is 5. The molecule has 2 bridgehead atoms. The molecule has 8 heteroatoms. The average molecular weight is 404 g/mol. The quantitative estimate of drug-likeness (QED) is 0.422. The molecule has 0 unspecified atom stereocenters. The standard InChI is InChI=1S/C20H22ClN3O4/c1-28-15(25)6-7-19(16(22)26)12-3-4-13(18(12)8-9-18)20(19,17(23)27)11-2-5-14(21)24-10-11/h2-5,10,12-13H,6-9H2,1H3,(H2,22,26)(H2,23,27)/t12-,13+,19+,20-/m1/s1. The minimum absolute atomic E-state index is 0.0391. The molecule has 1 spiro atoms. The summed E-state index contributed by atoms with van der Waals surface area (Å²) in [6, 6.07) is 3.25. The minimum atomic E-state index is -1.39. The number of carbonyl (C=O) groups excluding carboxylic acids is 3. The highest BCUT2D eigenvalue weighted by Gasteiger charge is 2.82. The lowest BCUT2D eigenvalue weighted by Gasteiger charge is -2.47. The smallest absolute Gasteiger partial charge is 0.305 e. The minimum Gasteiger partial charge on any atom is -0.469 e. The van der Waals surface area contributed by atoms with Crippen LogP contribution in [0.2, 0.25) is 5.15 Å². The van der Waals surface area contributed by atoms with Crippen molar-refractivity contribution in [3.8, 4) is 0 Å². The Hall–Kier alpha value is -2.41. The molecule has 2 saturated carbocycles. The third-order valence-electron chi connectivity index (χ3n) is 7.23. The first kappa shape index (κ1) is 18.9. The summed E-state index contributed by atoms with van der Waals surface area (Å²) in [7, 11) is 1.28. The molecule has 2 fully saturated rings. The number of ether oxygens (including phenoxy) is 1. The van der Waals surface area contributed by atoms with E-state index in [9.17, 15) is 14.4 Å².